The van der Waals surface area contributed by atoms with E-state index >= 15 is 0 Å². The van der Waals surface area contributed by atoms with Crippen LogP contribution in [0.1, 0.15) is 12.2 Å². The van der Waals surface area contributed by atoms with E-state index in [9.17, 15) is 24.8 Å². The summed E-state index contributed by atoms with van der Waals surface area (Å²) in [5, 5.41) is 20.9. The summed E-state index contributed by atoms with van der Waals surface area (Å²) in [5.74, 6) is -2.05. The molecule has 1 amide bonds. The molecule has 1 aliphatic rings. The Bertz CT molecular complexity index is 665. The van der Waals surface area contributed by atoms with Crippen LogP contribution in [0, 0.1) is 10.1 Å². The van der Waals surface area contributed by atoms with Crippen LogP contribution in [0.2, 0.25) is 0 Å². The Kier molecular flexibility index (Phi) is 4.38. The minimum Gasteiger partial charge on any atom is -0.550 e. The van der Waals surface area contributed by atoms with Crippen molar-refractivity contribution in [1.82, 2.24) is 4.90 Å². The molecule has 2 heterocycles. The lowest BCUT2D eigenvalue weighted by Gasteiger charge is -2.14. The number of aliphatic carboxylic acids is 1. The molecule has 1 fully saturated rings. The summed E-state index contributed by atoms with van der Waals surface area (Å²) in [6.45, 7) is -0.0807. The number of amides is 1. The number of hydrogen-bond donors (Lipinski definition) is 0. The second-order valence-electron chi connectivity index (χ2n) is 3.89. The van der Waals surface area contributed by atoms with Gasteiger partial charge in [0, 0.05) is 25.0 Å². The Morgan fingerprint density at radius 2 is 2.24 bits per heavy atom. The average molecular weight is 327 g/mol. The molecule has 1 aromatic rings. The topological polar surface area (TPSA) is 117 Å². The smallest absolute Gasteiger partial charge is 0.433 e. The summed E-state index contributed by atoms with van der Waals surface area (Å²) in [4.78, 5) is 33.6. The van der Waals surface area contributed by atoms with Gasteiger partial charge in [-0.2, -0.15) is 0 Å². The average Bonchev–Trinajstić information content (AvgIpc) is 2.95. The second-order valence-corrected chi connectivity index (χ2v) is 5.56. The molecule has 1 aromatic heterocycles. The molecule has 0 spiro atoms. The Hall–Kier alpha value is -2.20. The van der Waals surface area contributed by atoms with Crippen molar-refractivity contribution in [3.63, 3.8) is 0 Å². The van der Waals surface area contributed by atoms with Gasteiger partial charge in [0.2, 0.25) is 0 Å². The lowest BCUT2D eigenvalue weighted by molar-refractivity contribution is -0.402. The second kappa shape index (κ2) is 6.06. The molecule has 10 heteroatoms. The van der Waals surface area contributed by atoms with Crippen LogP contribution in [0.5, 0.6) is 0 Å². The van der Waals surface area contributed by atoms with Crippen molar-refractivity contribution in [1.29, 1.82) is 0 Å². The quantitative estimate of drug-likeness (QED) is 0.333. The summed E-state index contributed by atoms with van der Waals surface area (Å²) >= 11 is 5.96. The maximum atomic E-state index is 12.0. The number of nitro groups is 1. The maximum absolute atomic E-state index is 12.0. The number of thiocarbonyl (C=S) groups is 1. The molecule has 0 aliphatic carbocycles. The molecule has 0 bridgehead atoms. The van der Waals surface area contributed by atoms with Gasteiger partial charge in [-0.3, -0.25) is 19.8 Å². The molecular weight excluding hydrogens is 320 g/mol. The molecule has 1 aliphatic heterocycles. The largest absolute Gasteiger partial charge is 0.550 e. The molecule has 0 atom stereocenters. The third-order valence-electron chi connectivity index (χ3n) is 2.48. The molecule has 1 saturated heterocycles. The zero-order valence-electron chi connectivity index (χ0n) is 10.3. The number of hydrogen-bond acceptors (Lipinski definition) is 8. The molecule has 0 saturated carbocycles. The van der Waals surface area contributed by atoms with Crippen molar-refractivity contribution < 1.29 is 24.0 Å². The maximum Gasteiger partial charge on any atom is 0.433 e. The van der Waals surface area contributed by atoms with Gasteiger partial charge in [0.25, 0.3) is 5.91 Å². The van der Waals surface area contributed by atoms with Crippen LogP contribution in [0.25, 0.3) is 6.08 Å². The van der Waals surface area contributed by atoms with Crippen molar-refractivity contribution in [2.24, 2.45) is 0 Å². The molecule has 0 radical (unpaired) electrons. The summed E-state index contributed by atoms with van der Waals surface area (Å²) in [7, 11) is 0. The van der Waals surface area contributed by atoms with E-state index in [0.717, 1.165) is 16.7 Å². The fraction of sp³-hybridized carbons (Fsp3) is 0.182. The highest BCUT2D eigenvalue weighted by Crippen LogP contribution is 2.33. The lowest BCUT2D eigenvalue weighted by atomic mass is 10.3. The molecule has 0 N–H and O–H groups in total. The Balaban J connectivity index is 2.15. The summed E-state index contributed by atoms with van der Waals surface area (Å²) in [6.07, 6.45) is 0.997. The molecule has 0 unspecified atom stereocenters. The van der Waals surface area contributed by atoms with Crippen molar-refractivity contribution in [2.75, 3.05) is 6.54 Å². The SMILES string of the molecule is O=C([O-])CCN1C(=O)/C(=C/c2ccc([N+](=O)[O-])o2)SC1=S. The predicted molar refractivity (Wildman–Crippen MR) is 74.9 cm³/mol. The van der Waals surface area contributed by atoms with E-state index in [2.05, 4.69) is 0 Å². The molecule has 0 aromatic carbocycles. The van der Waals surface area contributed by atoms with Crippen molar-refractivity contribution in [3.8, 4) is 0 Å². The Labute approximate surface area is 127 Å². The van der Waals surface area contributed by atoms with Gasteiger partial charge in [-0.15, -0.1) is 0 Å². The zero-order chi connectivity index (χ0) is 15.6. The van der Waals surface area contributed by atoms with Gasteiger partial charge in [-0.1, -0.05) is 24.0 Å². The van der Waals surface area contributed by atoms with Crippen LogP contribution in [-0.4, -0.2) is 32.6 Å². The molecule has 8 nitrogen and oxygen atoms in total. The van der Waals surface area contributed by atoms with E-state index in [4.69, 9.17) is 16.6 Å². The number of carboxylic acids is 1. The fourth-order valence-corrected chi connectivity index (χ4v) is 2.83. The van der Waals surface area contributed by atoms with Gasteiger partial charge in [0.15, 0.2) is 0 Å². The van der Waals surface area contributed by atoms with E-state index in [1.807, 2.05) is 0 Å². The van der Waals surface area contributed by atoms with Crippen LogP contribution in [0.3, 0.4) is 0 Å². The molecule has 2 rings (SSSR count). The van der Waals surface area contributed by atoms with Crippen LogP contribution in [-0.2, 0) is 9.59 Å². The van der Waals surface area contributed by atoms with E-state index < -0.39 is 22.7 Å². The number of carboxylic acid groups (broad SMARTS) is 1. The van der Waals surface area contributed by atoms with Crippen LogP contribution < -0.4 is 5.11 Å². The highest BCUT2D eigenvalue weighted by molar-refractivity contribution is 8.26. The monoisotopic (exact) mass is 327 g/mol. The highest BCUT2D eigenvalue weighted by Gasteiger charge is 2.32. The van der Waals surface area contributed by atoms with Gasteiger partial charge in [-0.25, -0.2) is 0 Å². The van der Waals surface area contributed by atoms with E-state index in [-0.39, 0.29) is 28.0 Å². The van der Waals surface area contributed by atoms with Crippen molar-refractivity contribution in [2.45, 2.75) is 6.42 Å². The third kappa shape index (κ3) is 3.47. The predicted octanol–water partition coefficient (Wildman–Crippen LogP) is 0.529. The van der Waals surface area contributed by atoms with Crippen LogP contribution >= 0.6 is 24.0 Å². The van der Waals surface area contributed by atoms with Gasteiger partial charge in [0.05, 0.1) is 11.0 Å². The van der Waals surface area contributed by atoms with E-state index in [1.165, 1.54) is 18.2 Å². The van der Waals surface area contributed by atoms with E-state index in [0.29, 0.717) is 0 Å². The molecule has 110 valence electrons. The summed E-state index contributed by atoms with van der Waals surface area (Å²) in [5.41, 5.74) is 0. The van der Waals surface area contributed by atoms with Gasteiger partial charge >= 0.3 is 5.88 Å². The van der Waals surface area contributed by atoms with Crippen molar-refractivity contribution >= 4 is 52.1 Å². The standard InChI is InChI=1S/C11H8N2O6S2/c14-9(15)3-4-12-10(16)7(21-11(12)20)5-6-1-2-8(19-6)13(17)18/h1-2,5H,3-4H2,(H,14,15)/p-1/b7-5-. The first-order valence-electron chi connectivity index (χ1n) is 5.58. The number of furan rings is 1. The first-order chi connectivity index (χ1) is 9.88. The van der Waals surface area contributed by atoms with Gasteiger partial charge < -0.3 is 14.3 Å². The fourth-order valence-electron chi connectivity index (χ4n) is 1.54. The third-order valence-corrected chi connectivity index (χ3v) is 3.86. The first kappa shape index (κ1) is 15.2. The van der Waals surface area contributed by atoms with Gasteiger partial charge in [0.1, 0.15) is 15.0 Å². The van der Waals surface area contributed by atoms with E-state index in [1.54, 1.807) is 0 Å². The Morgan fingerprint density at radius 3 is 2.81 bits per heavy atom. The first-order valence-corrected chi connectivity index (χ1v) is 6.80. The molecule has 21 heavy (non-hydrogen) atoms. The van der Waals surface area contributed by atoms with Gasteiger partial charge in [-0.05, 0) is 6.07 Å². The minimum atomic E-state index is -1.28. The molecular formula is C11H7N2O6S2-. The lowest BCUT2D eigenvalue weighted by Crippen LogP contribution is -2.33. The highest BCUT2D eigenvalue weighted by atomic mass is 32.2. The minimum absolute atomic E-state index is 0.0807. The summed E-state index contributed by atoms with van der Waals surface area (Å²) in [6, 6.07) is 2.52. The number of thioether (sulfide) groups is 1. The Morgan fingerprint density at radius 1 is 1.52 bits per heavy atom. The number of carbonyl (C=O) groups is 2. The van der Waals surface area contributed by atoms with Crippen LogP contribution in [0.4, 0.5) is 5.88 Å². The zero-order valence-corrected chi connectivity index (χ0v) is 11.9. The normalized spacial score (nSPS) is 16.8. The van der Waals surface area contributed by atoms with Crippen LogP contribution in [0.15, 0.2) is 21.5 Å². The summed E-state index contributed by atoms with van der Waals surface area (Å²) < 4.78 is 5.13. The number of nitrogens with zero attached hydrogens (tertiary/aromatic N) is 2. The number of rotatable bonds is 5. The number of carbonyl (C=O) groups excluding carboxylic acids is 2. The van der Waals surface area contributed by atoms with Crippen molar-refractivity contribution in [3.05, 3.63) is 32.9 Å².